The highest BCUT2D eigenvalue weighted by Gasteiger charge is 2.14. The van der Waals surface area contributed by atoms with Crippen molar-refractivity contribution in [3.63, 3.8) is 0 Å². The molecule has 0 saturated carbocycles. The van der Waals surface area contributed by atoms with Crippen LogP contribution in [0, 0.1) is 0 Å². The van der Waals surface area contributed by atoms with Crippen LogP contribution in [0.1, 0.15) is 29.5 Å². The Balaban J connectivity index is 1.63. The Bertz CT molecular complexity index is 544. The second-order valence-corrected chi connectivity index (χ2v) is 6.84. The van der Waals surface area contributed by atoms with Crippen molar-refractivity contribution in [3.8, 4) is 0 Å². The average Bonchev–Trinajstić information content (AvgIpc) is 3.14. The lowest BCUT2D eigenvalue weighted by Crippen LogP contribution is -2.22. The molecule has 0 bridgehead atoms. The summed E-state index contributed by atoms with van der Waals surface area (Å²) in [5, 5.41) is 4.40. The number of rotatable bonds is 6. The lowest BCUT2D eigenvalue weighted by atomic mass is 10.1. The van der Waals surface area contributed by atoms with Crippen LogP contribution < -0.4 is 0 Å². The summed E-state index contributed by atoms with van der Waals surface area (Å²) in [7, 11) is 2.21. The summed E-state index contributed by atoms with van der Waals surface area (Å²) < 4.78 is 0. The summed E-state index contributed by atoms with van der Waals surface area (Å²) in [4.78, 5) is 4.99. The predicted octanol–water partition coefficient (Wildman–Crippen LogP) is 3.98. The smallest absolute Gasteiger partial charge is 0.0242 e. The van der Waals surface area contributed by atoms with E-state index in [4.69, 9.17) is 0 Å². The van der Waals surface area contributed by atoms with Crippen LogP contribution in [0.25, 0.3) is 0 Å². The van der Waals surface area contributed by atoms with Crippen LogP contribution in [-0.4, -0.2) is 29.9 Å². The molecule has 21 heavy (non-hydrogen) atoms. The standard InChI is InChI=1S/C18H24N2S/c1-19(12-16-8-11-21-15-16)13-17-6-2-3-7-18(17)14-20-9-4-5-10-20/h2-3,6-8,11,15H,4-5,9-10,12-14H2,1H3. The Morgan fingerprint density at radius 3 is 2.52 bits per heavy atom. The Kier molecular flexibility index (Phi) is 5.07. The van der Waals surface area contributed by atoms with Gasteiger partial charge in [0.05, 0.1) is 0 Å². The van der Waals surface area contributed by atoms with Crippen LogP contribution >= 0.6 is 11.3 Å². The van der Waals surface area contributed by atoms with E-state index in [9.17, 15) is 0 Å². The molecule has 1 aromatic carbocycles. The van der Waals surface area contributed by atoms with Gasteiger partial charge in [0, 0.05) is 19.6 Å². The molecule has 1 saturated heterocycles. The van der Waals surface area contributed by atoms with E-state index < -0.39 is 0 Å². The van der Waals surface area contributed by atoms with Crippen molar-refractivity contribution in [1.82, 2.24) is 9.80 Å². The SMILES string of the molecule is CN(Cc1ccsc1)Cc1ccccc1CN1CCCC1. The molecule has 2 heterocycles. The topological polar surface area (TPSA) is 6.48 Å². The Morgan fingerprint density at radius 1 is 1.05 bits per heavy atom. The van der Waals surface area contributed by atoms with Gasteiger partial charge in [0.25, 0.3) is 0 Å². The molecular formula is C18H24N2S. The van der Waals surface area contributed by atoms with Crippen LogP contribution in [0.4, 0.5) is 0 Å². The number of hydrogen-bond acceptors (Lipinski definition) is 3. The zero-order chi connectivity index (χ0) is 14.5. The first-order valence-corrected chi connectivity index (χ1v) is 8.74. The van der Waals surface area contributed by atoms with E-state index in [1.54, 1.807) is 11.3 Å². The number of thiophene rings is 1. The number of benzene rings is 1. The molecule has 2 aromatic rings. The van der Waals surface area contributed by atoms with Gasteiger partial charge in [0.15, 0.2) is 0 Å². The zero-order valence-electron chi connectivity index (χ0n) is 12.8. The van der Waals surface area contributed by atoms with E-state index in [1.807, 2.05) is 0 Å². The first kappa shape index (κ1) is 14.8. The quantitative estimate of drug-likeness (QED) is 0.796. The second kappa shape index (κ2) is 7.21. The summed E-state index contributed by atoms with van der Waals surface area (Å²) in [5.74, 6) is 0. The molecular weight excluding hydrogens is 276 g/mol. The van der Waals surface area contributed by atoms with Crippen molar-refractivity contribution < 1.29 is 0 Å². The normalized spacial score (nSPS) is 15.9. The van der Waals surface area contributed by atoms with E-state index in [-0.39, 0.29) is 0 Å². The van der Waals surface area contributed by atoms with Gasteiger partial charge in [-0.2, -0.15) is 11.3 Å². The Morgan fingerprint density at radius 2 is 1.81 bits per heavy atom. The Labute approximate surface area is 132 Å². The fourth-order valence-electron chi connectivity index (χ4n) is 3.09. The molecule has 1 fully saturated rings. The third-order valence-electron chi connectivity index (χ3n) is 4.18. The molecule has 1 aliphatic heterocycles. The van der Waals surface area contributed by atoms with Crippen LogP contribution in [0.3, 0.4) is 0 Å². The highest BCUT2D eigenvalue weighted by Crippen LogP contribution is 2.18. The van der Waals surface area contributed by atoms with E-state index in [0.29, 0.717) is 0 Å². The molecule has 1 aromatic heterocycles. The van der Waals surface area contributed by atoms with Gasteiger partial charge in [-0.1, -0.05) is 24.3 Å². The van der Waals surface area contributed by atoms with Gasteiger partial charge >= 0.3 is 0 Å². The van der Waals surface area contributed by atoms with E-state index >= 15 is 0 Å². The molecule has 0 aliphatic carbocycles. The van der Waals surface area contributed by atoms with Gasteiger partial charge < -0.3 is 0 Å². The molecule has 2 nitrogen and oxygen atoms in total. The summed E-state index contributed by atoms with van der Waals surface area (Å²) in [6.45, 7) is 5.70. The summed E-state index contributed by atoms with van der Waals surface area (Å²) in [6, 6.07) is 11.1. The van der Waals surface area contributed by atoms with Crippen molar-refractivity contribution in [3.05, 3.63) is 57.8 Å². The van der Waals surface area contributed by atoms with Gasteiger partial charge in [-0.15, -0.1) is 0 Å². The number of likely N-dealkylation sites (tertiary alicyclic amines) is 1. The molecule has 0 radical (unpaired) electrons. The molecule has 3 rings (SSSR count). The van der Waals surface area contributed by atoms with Gasteiger partial charge in [0.1, 0.15) is 0 Å². The average molecular weight is 300 g/mol. The molecule has 0 N–H and O–H groups in total. The maximum atomic E-state index is 2.58. The zero-order valence-corrected chi connectivity index (χ0v) is 13.6. The monoisotopic (exact) mass is 300 g/mol. The lowest BCUT2D eigenvalue weighted by molar-refractivity contribution is 0.307. The third-order valence-corrected chi connectivity index (χ3v) is 4.92. The summed E-state index contributed by atoms with van der Waals surface area (Å²) >= 11 is 1.78. The van der Waals surface area contributed by atoms with Crippen LogP contribution in [0.15, 0.2) is 41.1 Å². The maximum Gasteiger partial charge on any atom is 0.0242 e. The molecule has 0 amide bonds. The first-order valence-electron chi connectivity index (χ1n) is 7.80. The molecule has 0 spiro atoms. The summed E-state index contributed by atoms with van der Waals surface area (Å²) in [6.07, 6.45) is 2.72. The largest absolute Gasteiger partial charge is 0.299 e. The fourth-order valence-corrected chi connectivity index (χ4v) is 3.75. The van der Waals surface area contributed by atoms with E-state index in [2.05, 4.69) is 57.9 Å². The van der Waals surface area contributed by atoms with Gasteiger partial charge in [-0.3, -0.25) is 9.80 Å². The summed E-state index contributed by atoms with van der Waals surface area (Å²) in [5.41, 5.74) is 4.39. The van der Waals surface area contributed by atoms with Crippen LogP contribution in [0.5, 0.6) is 0 Å². The molecule has 112 valence electrons. The van der Waals surface area contributed by atoms with Crippen LogP contribution in [-0.2, 0) is 19.6 Å². The lowest BCUT2D eigenvalue weighted by Gasteiger charge is -2.21. The molecule has 0 unspecified atom stereocenters. The third kappa shape index (κ3) is 4.16. The van der Waals surface area contributed by atoms with Gasteiger partial charge in [0.2, 0.25) is 0 Å². The predicted molar refractivity (Wildman–Crippen MR) is 90.4 cm³/mol. The minimum atomic E-state index is 1.03. The van der Waals surface area contributed by atoms with Crippen molar-refractivity contribution in [1.29, 1.82) is 0 Å². The first-order chi connectivity index (χ1) is 10.3. The number of nitrogens with zero attached hydrogens (tertiary/aromatic N) is 2. The second-order valence-electron chi connectivity index (χ2n) is 6.06. The van der Waals surface area contributed by atoms with Crippen molar-refractivity contribution in [2.75, 3.05) is 20.1 Å². The minimum Gasteiger partial charge on any atom is -0.299 e. The highest BCUT2D eigenvalue weighted by molar-refractivity contribution is 7.07. The van der Waals surface area contributed by atoms with Crippen molar-refractivity contribution >= 4 is 11.3 Å². The van der Waals surface area contributed by atoms with E-state index in [1.165, 1.54) is 42.6 Å². The number of hydrogen-bond donors (Lipinski definition) is 0. The van der Waals surface area contributed by atoms with Crippen LogP contribution in [0.2, 0.25) is 0 Å². The van der Waals surface area contributed by atoms with E-state index in [0.717, 1.165) is 19.6 Å². The highest BCUT2D eigenvalue weighted by atomic mass is 32.1. The molecule has 3 heteroatoms. The minimum absolute atomic E-state index is 1.03. The van der Waals surface area contributed by atoms with Crippen molar-refractivity contribution in [2.45, 2.75) is 32.5 Å². The Hall–Kier alpha value is -1.16. The molecule has 1 aliphatic rings. The van der Waals surface area contributed by atoms with Crippen molar-refractivity contribution in [2.24, 2.45) is 0 Å². The molecule has 0 atom stereocenters. The van der Waals surface area contributed by atoms with Gasteiger partial charge in [-0.05, 0) is 66.5 Å². The maximum absolute atomic E-state index is 2.58. The fraction of sp³-hybridized carbons (Fsp3) is 0.444. The van der Waals surface area contributed by atoms with Gasteiger partial charge in [-0.25, -0.2) is 0 Å².